The Labute approximate surface area is 164 Å². The fraction of sp³-hybridized carbons (Fsp3) is 0.455. The molecule has 0 spiro atoms. The minimum Gasteiger partial charge on any atom is -0.484 e. The summed E-state index contributed by atoms with van der Waals surface area (Å²) in [5, 5.41) is 5.84. The van der Waals surface area contributed by atoms with Gasteiger partial charge < -0.3 is 19.8 Å². The normalized spacial score (nSPS) is 24.0. The standard InChI is InChI=1S/C22H26N2O4/c1-14(19-12-15-4-5-16(19)11-15)23-21(25)13-28-18-8-6-17(7-9-18)24-22(26)20-3-2-10-27-20/h2-3,6-10,14-16,19H,4-5,11-13H2,1H3,(H,23,25)(H,24,26)/t14-,15-,16-,19+/m0/s1. The molecular formula is C22H26N2O4. The van der Waals surface area contributed by atoms with Gasteiger partial charge in [-0.1, -0.05) is 6.42 Å². The minimum absolute atomic E-state index is 0.0107. The number of ether oxygens (including phenoxy) is 1. The van der Waals surface area contributed by atoms with Gasteiger partial charge in [0, 0.05) is 11.7 Å². The number of anilines is 1. The average molecular weight is 382 g/mol. The number of hydrogen-bond acceptors (Lipinski definition) is 4. The van der Waals surface area contributed by atoms with Crippen LogP contribution in [0.4, 0.5) is 5.69 Å². The summed E-state index contributed by atoms with van der Waals surface area (Å²) in [5.41, 5.74) is 0.628. The highest BCUT2D eigenvalue weighted by Gasteiger charge is 2.42. The van der Waals surface area contributed by atoms with E-state index in [9.17, 15) is 9.59 Å². The van der Waals surface area contributed by atoms with Gasteiger partial charge in [0.05, 0.1) is 6.26 Å². The summed E-state index contributed by atoms with van der Waals surface area (Å²) in [6, 6.07) is 10.4. The molecule has 2 N–H and O–H groups in total. The van der Waals surface area contributed by atoms with Gasteiger partial charge in [-0.2, -0.15) is 0 Å². The highest BCUT2D eigenvalue weighted by atomic mass is 16.5. The molecule has 2 amide bonds. The van der Waals surface area contributed by atoms with Crippen molar-refractivity contribution in [1.82, 2.24) is 5.32 Å². The predicted octanol–water partition coefficient (Wildman–Crippen LogP) is 3.85. The second kappa shape index (κ2) is 8.09. The monoisotopic (exact) mass is 382 g/mol. The van der Waals surface area contributed by atoms with Crippen molar-refractivity contribution in [3.63, 3.8) is 0 Å². The van der Waals surface area contributed by atoms with Crippen molar-refractivity contribution < 1.29 is 18.7 Å². The molecular weight excluding hydrogens is 356 g/mol. The summed E-state index contributed by atoms with van der Waals surface area (Å²) in [5.74, 6) is 2.70. The van der Waals surface area contributed by atoms with Crippen LogP contribution in [0.25, 0.3) is 0 Å². The third-order valence-corrected chi connectivity index (χ3v) is 6.05. The van der Waals surface area contributed by atoms with Crippen molar-refractivity contribution in [2.24, 2.45) is 17.8 Å². The summed E-state index contributed by atoms with van der Waals surface area (Å²) in [4.78, 5) is 24.2. The highest BCUT2D eigenvalue weighted by Crippen LogP contribution is 2.49. The van der Waals surface area contributed by atoms with Crippen LogP contribution in [-0.2, 0) is 4.79 Å². The zero-order valence-electron chi connectivity index (χ0n) is 16.0. The maximum Gasteiger partial charge on any atom is 0.291 e. The molecule has 2 aromatic rings. The highest BCUT2D eigenvalue weighted by molar-refractivity contribution is 6.02. The molecule has 148 valence electrons. The number of nitrogens with one attached hydrogen (secondary N) is 2. The molecule has 0 saturated heterocycles. The number of amides is 2. The smallest absolute Gasteiger partial charge is 0.291 e. The van der Waals surface area contributed by atoms with Crippen molar-refractivity contribution >= 4 is 17.5 Å². The van der Waals surface area contributed by atoms with Crippen LogP contribution in [0.5, 0.6) is 5.75 Å². The van der Waals surface area contributed by atoms with E-state index in [0.717, 1.165) is 11.8 Å². The Hall–Kier alpha value is -2.76. The van der Waals surface area contributed by atoms with E-state index in [1.54, 1.807) is 36.4 Å². The SMILES string of the molecule is C[C@H](NC(=O)COc1ccc(NC(=O)c2ccco2)cc1)[C@H]1C[C@H]2CC[C@H]1C2. The largest absolute Gasteiger partial charge is 0.484 e. The maximum atomic E-state index is 12.2. The average Bonchev–Trinajstić information content (AvgIpc) is 3.45. The van der Waals surface area contributed by atoms with Crippen molar-refractivity contribution in [2.45, 2.75) is 38.6 Å². The van der Waals surface area contributed by atoms with E-state index in [4.69, 9.17) is 9.15 Å². The molecule has 1 aromatic carbocycles. The summed E-state index contributed by atoms with van der Waals surface area (Å²) in [6.07, 6.45) is 6.72. The zero-order valence-corrected chi connectivity index (χ0v) is 16.0. The number of carbonyl (C=O) groups is 2. The Morgan fingerprint density at radius 3 is 2.64 bits per heavy atom. The summed E-state index contributed by atoms with van der Waals surface area (Å²) in [7, 11) is 0. The number of carbonyl (C=O) groups excluding carboxylic acids is 2. The van der Waals surface area contributed by atoms with Crippen LogP contribution < -0.4 is 15.4 Å². The fourth-order valence-electron chi connectivity index (χ4n) is 4.69. The minimum atomic E-state index is -0.312. The molecule has 28 heavy (non-hydrogen) atoms. The second-order valence-corrected chi connectivity index (χ2v) is 7.94. The van der Waals surface area contributed by atoms with Crippen LogP contribution in [-0.4, -0.2) is 24.5 Å². The lowest BCUT2D eigenvalue weighted by molar-refractivity contribution is -0.124. The Kier molecular flexibility index (Phi) is 5.37. The van der Waals surface area contributed by atoms with E-state index in [-0.39, 0.29) is 30.2 Å². The number of furan rings is 1. The molecule has 0 aliphatic heterocycles. The van der Waals surface area contributed by atoms with Gasteiger partial charge in [0.1, 0.15) is 5.75 Å². The quantitative estimate of drug-likeness (QED) is 0.762. The number of rotatable bonds is 7. The van der Waals surface area contributed by atoms with Crippen molar-refractivity contribution in [3.8, 4) is 5.75 Å². The van der Waals surface area contributed by atoms with Gasteiger partial charge in [-0.05, 0) is 80.3 Å². The molecule has 2 saturated carbocycles. The Morgan fingerprint density at radius 2 is 2.00 bits per heavy atom. The van der Waals surface area contributed by atoms with Gasteiger partial charge in [0.2, 0.25) is 0 Å². The first-order valence-corrected chi connectivity index (χ1v) is 9.95. The van der Waals surface area contributed by atoms with Gasteiger partial charge in [0.15, 0.2) is 12.4 Å². The van der Waals surface area contributed by atoms with E-state index in [1.807, 2.05) is 0 Å². The lowest BCUT2D eigenvalue weighted by Gasteiger charge is -2.28. The fourth-order valence-corrected chi connectivity index (χ4v) is 4.69. The van der Waals surface area contributed by atoms with Crippen LogP contribution in [0.3, 0.4) is 0 Å². The summed E-state index contributed by atoms with van der Waals surface area (Å²) in [6.45, 7) is 2.10. The first-order valence-electron chi connectivity index (χ1n) is 9.95. The number of fused-ring (bicyclic) bond motifs is 2. The third-order valence-electron chi connectivity index (χ3n) is 6.05. The molecule has 4 atom stereocenters. The maximum absolute atomic E-state index is 12.2. The molecule has 0 radical (unpaired) electrons. The van der Waals surface area contributed by atoms with Crippen LogP contribution >= 0.6 is 0 Å². The van der Waals surface area contributed by atoms with Gasteiger partial charge >= 0.3 is 0 Å². The van der Waals surface area contributed by atoms with Crippen LogP contribution in [0.2, 0.25) is 0 Å². The van der Waals surface area contributed by atoms with Crippen LogP contribution in [0.1, 0.15) is 43.2 Å². The van der Waals surface area contributed by atoms with Crippen molar-refractivity contribution in [3.05, 3.63) is 48.4 Å². The first kappa shape index (κ1) is 18.6. The van der Waals surface area contributed by atoms with Crippen LogP contribution in [0, 0.1) is 17.8 Å². The van der Waals surface area contributed by atoms with E-state index in [1.165, 1.54) is 31.9 Å². The molecule has 2 aliphatic rings. The number of hydrogen-bond donors (Lipinski definition) is 2. The molecule has 6 nitrogen and oxygen atoms in total. The Bertz CT molecular complexity index is 816. The second-order valence-electron chi connectivity index (χ2n) is 7.94. The Balaban J connectivity index is 1.22. The molecule has 1 heterocycles. The van der Waals surface area contributed by atoms with Gasteiger partial charge in [-0.15, -0.1) is 0 Å². The molecule has 2 bridgehead atoms. The number of benzene rings is 1. The molecule has 2 aliphatic carbocycles. The van der Waals surface area contributed by atoms with E-state index in [2.05, 4.69) is 17.6 Å². The zero-order chi connectivity index (χ0) is 19.5. The summed E-state index contributed by atoms with van der Waals surface area (Å²) < 4.78 is 10.6. The first-order chi connectivity index (χ1) is 13.6. The van der Waals surface area contributed by atoms with Crippen molar-refractivity contribution in [2.75, 3.05) is 11.9 Å². The topological polar surface area (TPSA) is 80.6 Å². The third kappa shape index (κ3) is 4.21. The summed E-state index contributed by atoms with van der Waals surface area (Å²) >= 11 is 0. The van der Waals surface area contributed by atoms with E-state index < -0.39 is 0 Å². The van der Waals surface area contributed by atoms with Crippen LogP contribution in [0.15, 0.2) is 47.1 Å². The van der Waals surface area contributed by atoms with E-state index in [0.29, 0.717) is 17.4 Å². The molecule has 4 rings (SSSR count). The predicted molar refractivity (Wildman–Crippen MR) is 105 cm³/mol. The molecule has 6 heteroatoms. The molecule has 0 unspecified atom stereocenters. The molecule has 1 aromatic heterocycles. The lowest BCUT2D eigenvalue weighted by atomic mass is 9.84. The van der Waals surface area contributed by atoms with Gasteiger partial charge in [-0.3, -0.25) is 9.59 Å². The Morgan fingerprint density at radius 1 is 1.18 bits per heavy atom. The van der Waals surface area contributed by atoms with Gasteiger partial charge in [0.25, 0.3) is 11.8 Å². The van der Waals surface area contributed by atoms with Crippen molar-refractivity contribution in [1.29, 1.82) is 0 Å². The van der Waals surface area contributed by atoms with E-state index >= 15 is 0 Å². The van der Waals surface area contributed by atoms with Gasteiger partial charge in [-0.25, -0.2) is 0 Å². The molecule has 2 fully saturated rings. The lowest BCUT2D eigenvalue weighted by Crippen LogP contribution is -2.42.